The van der Waals surface area contributed by atoms with E-state index in [0.29, 0.717) is 12.5 Å². The fourth-order valence-corrected chi connectivity index (χ4v) is 2.51. The van der Waals surface area contributed by atoms with Crippen LogP contribution in [-0.2, 0) is 14.3 Å². The van der Waals surface area contributed by atoms with E-state index in [2.05, 4.69) is 5.32 Å². The van der Waals surface area contributed by atoms with Gasteiger partial charge in [-0.25, -0.2) is 4.79 Å². The Balaban J connectivity index is 0.000000322. The first-order valence-corrected chi connectivity index (χ1v) is 7.48. The maximum Gasteiger partial charge on any atom is 0.490 e. The van der Waals surface area contributed by atoms with Gasteiger partial charge >= 0.3 is 12.1 Å². The third-order valence-corrected chi connectivity index (χ3v) is 3.81. The number of alkyl halides is 3. The fourth-order valence-electron chi connectivity index (χ4n) is 2.51. The minimum Gasteiger partial charge on any atom is -0.475 e. The van der Waals surface area contributed by atoms with E-state index in [1.165, 1.54) is 12.8 Å². The van der Waals surface area contributed by atoms with Gasteiger partial charge in [0.1, 0.15) is 5.60 Å². The van der Waals surface area contributed by atoms with Gasteiger partial charge in [0.05, 0.1) is 6.61 Å². The van der Waals surface area contributed by atoms with E-state index in [-0.39, 0.29) is 5.91 Å². The zero-order valence-corrected chi connectivity index (χ0v) is 13.3. The monoisotopic (exact) mass is 340 g/mol. The molecule has 1 amide bonds. The Morgan fingerprint density at radius 2 is 1.91 bits per heavy atom. The number of carbonyl (C=O) groups excluding carboxylic acids is 1. The molecule has 6 nitrogen and oxygen atoms in total. The number of ether oxygens (including phenoxy) is 1. The van der Waals surface area contributed by atoms with Gasteiger partial charge in [-0.1, -0.05) is 0 Å². The van der Waals surface area contributed by atoms with Crippen LogP contribution in [0.3, 0.4) is 0 Å². The number of aliphatic carboxylic acids is 1. The van der Waals surface area contributed by atoms with Crippen LogP contribution in [-0.4, -0.2) is 66.4 Å². The van der Waals surface area contributed by atoms with Crippen molar-refractivity contribution in [3.63, 3.8) is 0 Å². The molecule has 2 saturated heterocycles. The lowest BCUT2D eigenvalue weighted by molar-refractivity contribution is -0.192. The number of nitrogens with one attached hydrogen (secondary N) is 1. The molecule has 0 aromatic heterocycles. The van der Waals surface area contributed by atoms with Crippen molar-refractivity contribution >= 4 is 11.9 Å². The minimum absolute atomic E-state index is 0.150. The second kappa shape index (κ2) is 7.96. The number of nitrogens with zero attached hydrogens (tertiary/aromatic N) is 1. The number of hydrogen-bond acceptors (Lipinski definition) is 4. The van der Waals surface area contributed by atoms with Gasteiger partial charge in [0.25, 0.3) is 5.91 Å². The molecule has 9 heteroatoms. The highest BCUT2D eigenvalue weighted by molar-refractivity contribution is 5.85. The van der Waals surface area contributed by atoms with Crippen LogP contribution >= 0.6 is 0 Å². The zero-order chi connectivity index (χ0) is 17.7. The number of carboxylic acids is 1. The maximum absolute atomic E-state index is 12.1. The molecule has 0 saturated carbocycles. The van der Waals surface area contributed by atoms with Crippen LogP contribution in [0.1, 0.15) is 26.7 Å². The Morgan fingerprint density at radius 3 is 2.39 bits per heavy atom. The predicted octanol–water partition coefficient (Wildman–Crippen LogP) is 1.26. The molecule has 0 aromatic rings. The Bertz CT molecular complexity index is 421. The first-order valence-electron chi connectivity index (χ1n) is 7.48. The summed E-state index contributed by atoms with van der Waals surface area (Å²) in [4.78, 5) is 23.0. The highest BCUT2D eigenvalue weighted by Crippen LogP contribution is 2.21. The number of halogens is 3. The molecule has 23 heavy (non-hydrogen) atoms. The molecule has 0 aromatic carbocycles. The fraction of sp³-hybridized carbons (Fsp3) is 0.857. The van der Waals surface area contributed by atoms with Crippen molar-refractivity contribution in [3.05, 3.63) is 0 Å². The summed E-state index contributed by atoms with van der Waals surface area (Å²) in [6.45, 7) is 8.25. The average molecular weight is 340 g/mol. The van der Waals surface area contributed by atoms with E-state index < -0.39 is 17.7 Å². The van der Waals surface area contributed by atoms with E-state index in [1.807, 2.05) is 18.7 Å². The zero-order valence-electron chi connectivity index (χ0n) is 13.3. The summed E-state index contributed by atoms with van der Waals surface area (Å²) in [5.41, 5.74) is -0.620. The summed E-state index contributed by atoms with van der Waals surface area (Å²) >= 11 is 0. The van der Waals surface area contributed by atoms with Gasteiger partial charge in [0, 0.05) is 13.1 Å². The average Bonchev–Trinajstić information content (AvgIpc) is 2.45. The predicted molar refractivity (Wildman–Crippen MR) is 75.9 cm³/mol. The Labute approximate surface area is 133 Å². The molecule has 0 atom stereocenters. The van der Waals surface area contributed by atoms with Crippen LogP contribution in [0.15, 0.2) is 0 Å². The normalized spacial score (nSPS) is 22.3. The number of amides is 1. The summed E-state index contributed by atoms with van der Waals surface area (Å²) in [6, 6.07) is 0. The lowest BCUT2D eigenvalue weighted by Crippen LogP contribution is -2.55. The van der Waals surface area contributed by atoms with Gasteiger partial charge in [-0.05, 0) is 45.7 Å². The smallest absolute Gasteiger partial charge is 0.475 e. The van der Waals surface area contributed by atoms with Crippen LogP contribution in [0.5, 0.6) is 0 Å². The van der Waals surface area contributed by atoms with Gasteiger partial charge in [-0.3, -0.25) is 4.79 Å². The summed E-state index contributed by atoms with van der Waals surface area (Å²) in [5.74, 6) is -1.94. The highest BCUT2D eigenvalue weighted by atomic mass is 19.4. The molecule has 0 aliphatic carbocycles. The van der Waals surface area contributed by atoms with Crippen LogP contribution < -0.4 is 5.32 Å². The lowest BCUT2D eigenvalue weighted by atomic mass is 9.96. The first kappa shape index (κ1) is 19.7. The molecule has 2 N–H and O–H groups in total. The SMILES string of the molecule is CC1(C)OCCN(CC2CCNCC2)C1=O.O=C(O)C(F)(F)F. The molecular weight excluding hydrogens is 317 g/mol. The summed E-state index contributed by atoms with van der Waals surface area (Å²) in [6.07, 6.45) is -2.71. The molecule has 2 rings (SSSR count). The van der Waals surface area contributed by atoms with Gasteiger partial charge < -0.3 is 20.1 Å². The molecule has 134 valence electrons. The van der Waals surface area contributed by atoms with E-state index in [4.69, 9.17) is 14.6 Å². The van der Waals surface area contributed by atoms with Crippen molar-refractivity contribution in [1.29, 1.82) is 0 Å². The topological polar surface area (TPSA) is 78.9 Å². The summed E-state index contributed by atoms with van der Waals surface area (Å²) in [5, 5.41) is 10.5. The van der Waals surface area contributed by atoms with Crippen molar-refractivity contribution in [2.75, 3.05) is 32.8 Å². The first-order chi connectivity index (χ1) is 10.5. The summed E-state index contributed by atoms with van der Waals surface area (Å²) in [7, 11) is 0. The molecule has 0 radical (unpaired) electrons. The van der Waals surface area contributed by atoms with E-state index in [1.54, 1.807) is 0 Å². The lowest BCUT2D eigenvalue weighted by Gasteiger charge is -2.39. The van der Waals surface area contributed by atoms with Crippen molar-refractivity contribution in [1.82, 2.24) is 10.2 Å². The highest BCUT2D eigenvalue weighted by Gasteiger charge is 2.38. The van der Waals surface area contributed by atoms with Gasteiger partial charge in [-0.15, -0.1) is 0 Å². The Morgan fingerprint density at radius 1 is 1.39 bits per heavy atom. The standard InChI is InChI=1S/C12H22N2O2.C2HF3O2/c1-12(2)11(15)14(7-8-16-12)9-10-3-5-13-6-4-10;3-2(4,5)1(6)7/h10,13H,3-9H2,1-2H3;(H,6,7). The molecule has 0 spiro atoms. The maximum atomic E-state index is 12.1. The third kappa shape index (κ3) is 6.34. The van der Waals surface area contributed by atoms with Crippen molar-refractivity contribution in [2.24, 2.45) is 5.92 Å². The summed E-state index contributed by atoms with van der Waals surface area (Å²) < 4.78 is 37.2. The van der Waals surface area contributed by atoms with Crippen LogP contribution in [0.25, 0.3) is 0 Å². The van der Waals surface area contributed by atoms with Crippen molar-refractivity contribution in [2.45, 2.75) is 38.5 Å². The van der Waals surface area contributed by atoms with E-state index in [9.17, 15) is 18.0 Å². The van der Waals surface area contributed by atoms with Crippen LogP contribution in [0.2, 0.25) is 0 Å². The molecule has 0 bridgehead atoms. The number of morpholine rings is 1. The quantitative estimate of drug-likeness (QED) is 0.791. The van der Waals surface area contributed by atoms with Crippen LogP contribution in [0, 0.1) is 5.92 Å². The van der Waals surface area contributed by atoms with E-state index >= 15 is 0 Å². The Hall–Kier alpha value is -1.35. The molecule has 2 aliphatic rings. The number of piperidine rings is 1. The second-order valence-electron chi connectivity index (χ2n) is 6.11. The van der Waals surface area contributed by atoms with Crippen LogP contribution in [0.4, 0.5) is 13.2 Å². The van der Waals surface area contributed by atoms with E-state index in [0.717, 1.165) is 26.2 Å². The number of carboxylic acid groups (broad SMARTS) is 1. The number of hydrogen-bond donors (Lipinski definition) is 2. The van der Waals surface area contributed by atoms with Crippen molar-refractivity contribution < 1.29 is 32.6 Å². The molecule has 0 unspecified atom stereocenters. The van der Waals surface area contributed by atoms with Gasteiger partial charge in [0.15, 0.2) is 0 Å². The molecule has 2 fully saturated rings. The van der Waals surface area contributed by atoms with Gasteiger partial charge in [0.2, 0.25) is 0 Å². The van der Waals surface area contributed by atoms with Gasteiger partial charge in [-0.2, -0.15) is 13.2 Å². The second-order valence-corrected chi connectivity index (χ2v) is 6.11. The molecule has 2 aliphatic heterocycles. The third-order valence-electron chi connectivity index (χ3n) is 3.81. The largest absolute Gasteiger partial charge is 0.490 e. The molecule has 2 heterocycles. The number of carbonyl (C=O) groups is 2. The number of rotatable bonds is 2. The Kier molecular flexibility index (Phi) is 6.82. The molecular formula is C14H23F3N2O4. The minimum atomic E-state index is -5.08. The van der Waals surface area contributed by atoms with Crippen molar-refractivity contribution in [3.8, 4) is 0 Å².